The van der Waals surface area contributed by atoms with Gasteiger partial charge < -0.3 is 9.84 Å². The Morgan fingerprint density at radius 1 is 1.30 bits per heavy atom. The number of halogens is 1. The SMILES string of the molecule is OC(c1ccc(Br)cn1)C1CCOC2(CCCCC2)C1. The van der Waals surface area contributed by atoms with Crippen LogP contribution in [0.25, 0.3) is 0 Å². The van der Waals surface area contributed by atoms with E-state index < -0.39 is 6.10 Å². The van der Waals surface area contributed by atoms with Gasteiger partial charge in [-0.2, -0.15) is 0 Å². The maximum atomic E-state index is 10.6. The van der Waals surface area contributed by atoms with Crippen molar-refractivity contribution in [2.24, 2.45) is 5.92 Å². The van der Waals surface area contributed by atoms with Crippen molar-refractivity contribution in [1.82, 2.24) is 4.98 Å². The third-order valence-corrected chi connectivity index (χ3v) is 5.26. The largest absolute Gasteiger partial charge is 0.387 e. The fourth-order valence-electron chi connectivity index (χ4n) is 3.68. The topological polar surface area (TPSA) is 42.4 Å². The van der Waals surface area contributed by atoms with Gasteiger partial charge in [0.05, 0.1) is 17.4 Å². The summed E-state index contributed by atoms with van der Waals surface area (Å²) in [7, 11) is 0. The molecule has 0 bridgehead atoms. The first kappa shape index (κ1) is 14.5. The molecule has 2 heterocycles. The molecule has 2 fully saturated rings. The summed E-state index contributed by atoms with van der Waals surface area (Å²) < 4.78 is 7.05. The molecular formula is C16H22BrNO2. The van der Waals surface area contributed by atoms with Crippen LogP contribution in [0.5, 0.6) is 0 Å². The lowest BCUT2D eigenvalue weighted by Gasteiger charge is -2.44. The lowest BCUT2D eigenvalue weighted by Crippen LogP contribution is -2.42. The highest BCUT2D eigenvalue weighted by molar-refractivity contribution is 9.10. The van der Waals surface area contributed by atoms with Crippen molar-refractivity contribution >= 4 is 15.9 Å². The molecule has 1 aromatic heterocycles. The molecule has 1 aliphatic carbocycles. The third kappa shape index (κ3) is 3.07. The average molecular weight is 340 g/mol. The van der Waals surface area contributed by atoms with Gasteiger partial charge in [0.2, 0.25) is 0 Å². The second kappa shape index (κ2) is 6.12. The van der Waals surface area contributed by atoms with Crippen LogP contribution in [0, 0.1) is 5.92 Å². The van der Waals surface area contributed by atoms with Crippen molar-refractivity contribution in [3.05, 3.63) is 28.5 Å². The minimum Gasteiger partial charge on any atom is -0.387 e. The standard InChI is InChI=1S/C16H22BrNO2/c17-13-4-5-14(18-11-13)15(19)12-6-9-20-16(10-12)7-2-1-3-8-16/h4-5,11-12,15,19H,1-3,6-10H2. The molecule has 1 aromatic rings. The van der Waals surface area contributed by atoms with Crippen LogP contribution in [0.2, 0.25) is 0 Å². The van der Waals surface area contributed by atoms with Gasteiger partial charge >= 0.3 is 0 Å². The van der Waals surface area contributed by atoms with E-state index in [-0.39, 0.29) is 11.5 Å². The van der Waals surface area contributed by atoms with Crippen molar-refractivity contribution in [3.8, 4) is 0 Å². The summed E-state index contributed by atoms with van der Waals surface area (Å²) in [5, 5.41) is 10.6. The first-order valence-electron chi connectivity index (χ1n) is 7.62. The summed E-state index contributed by atoms with van der Waals surface area (Å²) in [5.74, 6) is 0.274. The lowest BCUT2D eigenvalue weighted by molar-refractivity contribution is -0.134. The molecule has 1 aliphatic heterocycles. The van der Waals surface area contributed by atoms with E-state index in [1.807, 2.05) is 12.1 Å². The summed E-state index contributed by atoms with van der Waals surface area (Å²) in [6.45, 7) is 0.776. The van der Waals surface area contributed by atoms with Gasteiger partial charge in [0, 0.05) is 17.3 Å². The van der Waals surface area contributed by atoms with Crippen molar-refractivity contribution < 1.29 is 9.84 Å². The summed E-state index contributed by atoms with van der Waals surface area (Å²) in [5.41, 5.74) is 0.823. The average Bonchev–Trinajstić information content (AvgIpc) is 2.48. The molecule has 2 aliphatic rings. The van der Waals surface area contributed by atoms with Gasteiger partial charge in [0.25, 0.3) is 0 Å². The Morgan fingerprint density at radius 2 is 2.10 bits per heavy atom. The van der Waals surface area contributed by atoms with Crippen LogP contribution in [0.3, 0.4) is 0 Å². The molecule has 2 unspecified atom stereocenters. The van der Waals surface area contributed by atoms with Gasteiger partial charge in [0.1, 0.15) is 0 Å². The number of rotatable bonds is 2. The highest BCUT2D eigenvalue weighted by Gasteiger charge is 2.40. The van der Waals surface area contributed by atoms with Gasteiger partial charge in [-0.05, 0) is 59.7 Å². The molecule has 2 atom stereocenters. The Labute approximate surface area is 128 Å². The van der Waals surface area contributed by atoms with E-state index in [1.54, 1.807) is 6.20 Å². The van der Waals surface area contributed by atoms with E-state index >= 15 is 0 Å². The highest BCUT2D eigenvalue weighted by Crippen LogP contribution is 2.44. The van der Waals surface area contributed by atoms with Gasteiger partial charge in [-0.1, -0.05) is 19.3 Å². The number of ether oxygens (including phenoxy) is 1. The Bertz CT molecular complexity index is 437. The minimum atomic E-state index is -0.467. The van der Waals surface area contributed by atoms with E-state index in [9.17, 15) is 5.11 Å². The van der Waals surface area contributed by atoms with E-state index in [4.69, 9.17) is 4.74 Å². The molecule has 0 amide bonds. The number of aromatic nitrogens is 1. The number of aliphatic hydroxyl groups excluding tert-OH is 1. The second-order valence-electron chi connectivity index (χ2n) is 6.19. The maximum Gasteiger partial charge on any atom is 0.0989 e. The summed E-state index contributed by atoms with van der Waals surface area (Å²) in [4.78, 5) is 4.35. The molecule has 1 saturated heterocycles. The molecule has 0 aromatic carbocycles. The molecule has 1 spiro atoms. The Hall–Kier alpha value is -0.450. The van der Waals surface area contributed by atoms with E-state index in [0.717, 1.165) is 42.5 Å². The fourth-order valence-corrected chi connectivity index (χ4v) is 3.92. The van der Waals surface area contributed by atoms with Gasteiger partial charge in [-0.3, -0.25) is 4.98 Å². The number of aliphatic hydroxyl groups is 1. The Kier molecular flexibility index (Phi) is 4.43. The molecular weight excluding hydrogens is 318 g/mol. The zero-order valence-corrected chi connectivity index (χ0v) is 13.3. The van der Waals surface area contributed by atoms with Crippen LogP contribution >= 0.6 is 15.9 Å². The third-order valence-electron chi connectivity index (χ3n) is 4.80. The minimum absolute atomic E-state index is 0.0392. The lowest BCUT2D eigenvalue weighted by atomic mass is 9.74. The van der Waals surface area contributed by atoms with Crippen LogP contribution in [-0.2, 0) is 4.74 Å². The molecule has 0 radical (unpaired) electrons. The zero-order valence-electron chi connectivity index (χ0n) is 11.7. The van der Waals surface area contributed by atoms with Crippen LogP contribution in [0.4, 0.5) is 0 Å². The Balaban J connectivity index is 1.71. The fraction of sp³-hybridized carbons (Fsp3) is 0.688. The monoisotopic (exact) mass is 339 g/mol. The number of hydrogen-bond donors (Lipinski definition) is 1. The number of hydrogen-bond acceptors (Lipinski definition) is 3. The Morgan fingerprint density at radius 3 is 2.80 bits per heavy atom. The summed E-state index contributed by atoms with van der Waals surface area (Å²) in [6.07, 6.45) is 9.37. The number of pyridine rings is 1. The molecule has 3 nitrogen and oxygen atoms in total. The smallest absolute Gasteiger partial charge is 0.0989 e. The van der Waals surface area contributed by atoms with Crippen molar-refractivity contribution in [3.63, 3.8) is 0 Å². The van der Waals surface area contributed by atoms with E-state index in [2.05, 4.69) is 20.9 Å². The van der Waals surface area contributed by atoms with Gasteiger partial charge in [-0.25, -0.2) is 0 Å². The van der Waals surface area contributed by atoms with Crippen LogP contribution in [0.15, 0.2) is 22.8 Å². The predicted molar refractivity (Wildman–Crippen MR) is 81.4 cm³/mol. The molecule has 4 heteroatoms. The maximum absolute atomic E-state index is 10.6. The summed E-state index contributed by atoms with van der Waals surface area (Å²) >= 11 is 3.38. The van der Waals surface area contributed by atoms with E-state index in [1.165, 1.54) is 19.3 Å². The molecule has 110 valence electrons. The zero-order chi connectivity index (χ0) is 14.0. The quantitative estimate of drug-likeness (QED) is 0.885. The normalized spacial score (nSPS) is 27.4. The van der Waals surface area contributed by atoms with Crippen LogP contribution < -0.4 is 0 Å². The first-order valence-corrected chi connectivity index (χ1v) is 8.41. The van der Waals surface area contributed by atoms with Crippen molar-refractivity contribution in [2.75, 3.05) is 6.61 Å². The van der Waals surface area contributed by atoms with E-state index in [0.29, 0.717) is 0 Å². The predicted octanol–water partition coefficient (Wildman–Crippen LogP) is 4.01. The summed E-state index contributed by atoms with van der Waals surface area (Å²) in [6, 6.07) is 3.86. The van der Waals surface area contributed by atoms with Crippen molar-refractivity contribution in [2.45, 2.75) is 56.7 Å². The number of nitrogens with zero attached hydrogens (tertiary/aromatic N) is 1. The molecule has 1 N–H and O–H groups in total. The second-order valence-corrected chi connectivity index (χ2v) is 7.11. The van der Waals surface area contributed by atoms with Gasteiger partial charge in [-0.15, -0.1) is 0 Å². The van der Waals surface area contributed by atoms with Crippen LogP contribution in [-0.4, -0.2) is 22.3 Å². The molecule has 20 heavy (non-hydrogen) atoms. The highest BCUT2D eigenvalue weighted by atomic mass is 79.9. The van der Waals surface area contributed by atoms with Crippen LogP contribution in [0.1, 0.15) is 56.7 Å². The first-order chi connectivity index (χ1) is 9.69. The van der Waals surface area contributed by atoms with Crippen molar-refractivity contribution in [1.29, 1.82) is 0 Å². The molecule has 3 rings (SSSR count). The molecule has 1 saturated carbocycles. The van der Waals surface area contributed by atoms with Gasteiger partial charge in [0.15, 0.2) is 0 Å².